The van der Waals surface area contributed by atoms with E-state index in [1.807, 2.05) is 25.1 Å². The molecule has 0 radical (unpaired) electrons. The maximum atomic E-state index is 10.7. The molecule has 0 aliphatic heterocycles. The highest BCUT2D eigenvalue weighted by atomic mass is 16.5. The lowest BCUT2D eigenvalue weighted by atomic mass is 10.0. The van der Waals surface area contributed by atoms with Crippen molar-refractivity contribution in [2.24, 2.45) is 0 Å². The van der Waals surface area contributed by atoms with Crippen LogP contribution in [0.4, 0.5) is 0 Å². The molecule has 0 spiro atoms. The lowest BCUT2D eigenvalue weighted by Gasteiger charge is -2.10. The fourth-order valence-electron chi connectivity index (χ4n) is 1.67. The first-order valence-corrected chi connectivity index (χ1v) is 5.63. The predicted molar refractivity (Wildman–Crippen MR) is 62.9 cm³/mol. The Morgan fingerprint density at radius 2 is 2.12 bits per heavy atom. The summed E-state index contributed by atoms with van der Waals surface area (Å²) in [5.41, 5.74) is 1.93. The zero-order valence-electron chi connectivity index (χ0n) is 9.82. The Hall–Kier alpha value is -1.51. The van der Waals surface area contributed by atoms with Crippen molar-refractivity contribution in [2.75, 3.05) is 6.61 Å². The molecule has 0 aromatic heterocycles. The van der Waals surface area contributed by atoms with Gasteiger partial charge in [0.15, 0.2) is 0 Å². The Balaban J connectivity index is 2.95. The van der Waals surface area contributed by atoms with E-state index in [4.69, 9.17) is 9.84 Å². The number of carbonyl (C=O) groups is 1. The Morgan fingerprint density at radius 3 is 2.69 bits per heavy atom. The van der Waals surface area contributed by atoms with E-state index in [9.17, 15) is 4.79 Å². The van der Waals surface area contributed by atoms with Crippen LogP contribution in [0.2, 0.25) is 0 Å². The van der Waals surface area contributed by atoms with E-state index in [1.165, 1.54) is 5.56 Å². The molecule has 0 aliphatic rings. The monoisotopic (exact) mass is 222 g/mol. The van der Waals surface area contributed by atoms with Gasteiger partial charge in [-0.3, -0.25) is 4.79 Å². The number of carboxylic acid groups (broad SMARTS) is 1. The van der Waals surface area contributed by atoms with Gasteiger partial charge in [0.05, 0.1) is 13.0 Å². The molecule has 1 aromatic rings. The third-order valence-electron chi connectivity index (χ3n) is 2.31. The summed E-state index contributed by atoms with van der Waals surface area (Å²) < 4.78 is 5.41. The van der Waals surface area contributed by atoms with E-state index >= 15 is 0 Å². The summed E-state index contributed by atoms with van der Waals surface area (Å²) in [7, 11) is 0. The maximum absolute atomic E-state index is 10.7. The number of aryl methyl sites for hydroxylation is 1. The summed E-state index contributed by atoms with van der Waals surface area (Å²) in [4.78, 5) is 10.7. The van der Waals surface area contributed by atoms with Crippen LogP contribution >= 0.6 is 0 Å². The first-order valence-electron chi connectivity index (χ1n) is 5.63. The average Bonchev–Trinajstić information content (AvgIpc) is 2.22. The number of rotatable bonds is 6. The van der Waals surface area contributed by atoms with Crippen molar-refractivity contribution >= 4 is 5.97 Å². The van der Waals surface area contributed by atoms with Crippen LogP contribution in [0.25, 0.3) is 0 Å². The summed E-state index contributed by atoms with van der Waals surface area (Å²) in [5, 5.41) is 8.82. The fourth-order valence-corrected chi connectivity index (χ4v) is 1.67. The minimum atomic E-state index is -0.824. The van der Waals surface area contributed by atoms with Crippen molar-refractivity contribution in [1.82, 2.24) is 0 Å². The second kappa shape index (κ2) is 6.16. The Morgan fingerprint density at radius 1 is 1.38 bits per heavy atom. The molecule has 0 unspecified atom stereocenters. The average molecular weight is 222 g/mol. The van der Waals surface area contributed by atoms with Crippen molar-refractivity contribution in [1.29, 1.82) is 0 Å². The zero-order chi connectivity index (χ0) is 12.0. The van der Waals surface area contributed by atoms with Gasteiger partial charge in [-0.1, -0.05) is 25.5 Å². The van der Waals surface area contributed by atoms with Crippen LogP contribution in [0.15, 0.2) is 18.2 Å². The van der Waals surface area contributed by atoms with E-state index in [0.717, 1.165) is 18.4 Å². The molecule has 3 nitrogen and oxygen atoms in total. The number of hydrogen-bond acceptors (Lipinski definition) is 2. The van der Waals surface area contributed by atoms with E-state index in [-0.39, 0.29) is 6.42 Å². The molecule has 16 heavy (non-hydrogen) atoms. The molecule has 3 heteroatoms. The van der Waals surface area contributed by atoms with Crippen LogP contribution in [0.1, 0.15) is 31.4 Å². The molecule has 88 valence electrons. The lowest BCUT2D eigenvalue weighted by Crippen LogP contribution is -2.04. The molecule has 1 rings (SSSR count). The van der Waals surface area contributed by atoms with Gasteiger partial charge < -0.3 is 9.84 Å². The zero-order valence-corrected chi connectivity index (χ0v) is 9.82. The maximum Gasteiger partial charge on any atom is 0.307 e. The molecule has 0 atom stereocenters. The minimum Gasteiger partial charge on any atom is -0.494 e. The summed E-state index contributed by atoms with van der Waals surface area (Å²) in [5.74, 6) is -0.139. The largest absolute Gasteiger partial charge is 0.494 e. The number of benzene rings is 1. The number of hydrogen-bond donors (Lipinski definition) is 1. The summed E-state index contributed by atoms with van der Waals surface area (Å²) in [6.45, 7) is 4.55. The number of carboxylic acids is 1. The van der Waals surface area contributed by atoms with Gasteiger partial charge in [-0.2, -0.15) is 0 Å². The standard InChI is InChI=1S/C13H18O3/c1-3-5-10-6-7-12(16-4-2)11(8-10)9-13(14)15/h6-8H,3-5,9H2,1-2H3,(H,14,15). The van der Waals surface area contributed by atoms with Crippen LogP contribution in [0, 0.1) is 0 Å². The second-order valence-corrected chi connectivity index (χ2v) is 3.70. The lowest BCUT2D eigenvalue weighted by molar-refractivity contribution is -0.136. The molecule has 1 aromatic carbocycles. The quantitative estimate of drug-likeness (QED) is 0.804. The van der Waals surface area contributed by atoms with Crippen molar-refractivity contribution in [3.63, 3.8) is 0 Å². The van der Waals surface area contributed by atoms with Crippen LogP contribution in [0.3, 0.4) is 0 Å². The summed E-state index contributed by atoms with van der Waals surface area (Å²) in [6, 6.07) is 5.80. The molecule has 0 heterocycles. The summed E-state index contributed by atoms with van der Waals surface area (Å²) in [6.07, 6.45) is 2.05. The molecule has 0 saturated heterocycles. The number of aliphatic carboxylic acids is 1. The molecule has 1 N–H and O–H groups in total. The molecule has 0 bridgehead atoms. The Kier molecular flexibility index (Phi) is 4.83. The van der Waals surface area contributed by atoms with Crippen molar-refractivity contribution in [3.8, 4) is 5.75 Å². The van der Waals surface area contributed by atoms with Crippen LogP contribution < -0.4 is 4.74 Å². The molecule has 0 aliphatic carbocycles. The number of ether oxygens (including phenoxy) is 1. The van der Waals surface area contributed by atoms with Crippen molar-refractivity contribution < 1.29 is 14.6 Å². The topological polar surface area (TPSA) is 46.5 Å². The molecule has 0 saturated carbocycles. The van der Waals surface area contributed by atoms with Gasteiger partial charge in [-0.25, -0.2) is 0 Å². The molecule has 0 amide bonds. The van der Waals surface area contributed by atoms with Gasteiger partial charge in [-0.05, 0) is 25.0 Å². The van der Waals surface area contributed by atoms with Gasteiger partial charge >= 0.3 is 5.97 Å². The van der Waals surface area contributed by atoms with Crippen LogP contribution in [-0.4, -0.2) is 17.7 Å². The summed E-state index contributed by atoms with van der Waals surface area (Å²) >= 11 is 0. The fraction of sp³-hybridized carbons (Fsp3) is 0.462. The van der Waals surface area contributed by atoms with Gasteiger partial charge in [0, 0.05) is 5.56 Å². The van der Waals surface area contributed by atoms with Crippen molar-refractivity contribution in [2.45, 2.75) is 33.1 Å². The highest BCUT2D eigenvalue weighted by Crippen LogP contribution is 2.21. The Bertz CT molecular complexity index is 358. The normalized spacial score (nSPS) is 10.1. The van der Waals surface area contributed by atoms with Gasteiger partial charge in [0.1, 0.15) is 5.75 Å². The van der Waals surface area contributed by atoms with Gasteiger partial charge in [0.2, 0.25) is 0 Å². The van der Waals surface area contributed by atoms with E-state index in [2.05, 4.69) is 6.92 Å². The molecular weight excluding hydrogens is 204 g/mol. The van der Waals surface area contributed by atoms with Crippen LogP contribution in [0.5, 0.6) is 5.75 Å². The molecular formula is C13H18O3. The van der Waals surface area contributed by atoms with Crippen LogP contribution in [-0.2, 0) is 17.6 Å². The second-order valence-electron chi connectivity index (χ2n) is 3.70. The third kappa shape index (κ3) is 3.57. The molecule has 0 fully saturated rings. The minimum absolute atomic E-state index is 0.0207. The van der Waals surface area contributed by atoms with Gasteiger partial charge in [0.25, 0.3) is 0 Å². The van der Waals surface area contributed by atoms with E-state index < -0.39 is 5.97 Å². The third-order valence-corrected chi connectivity index (χ3v) is 2.31. The van der Waals surface area contributed by atoms with Crippen molar-refractivity contribution in [3.05, 3.63) is 29.3 Å². The van der Waals surface area contributed by atoms with E-state index in [0.29, 0.717) is 12.4 Å². The first-order chi connectivity index (χ1) is 7.67. The predicted octanol–water partition coefficient (Wildman–Crippen LogP) is 2.66. The van der Waals surface area contributed by atoms with Gasteiger partial charge in [-0.15, -0.1) is 0 Å². The smallest absolute Gasteiger partial charge is 0.307 e. The first kappa shape index (κ1) is 12.6. The highest BCUT2D eigenvalue weighted by molar-refractivity contribution is 5.71. The van der Waals surface area contributed by atoms with E-state index in [1.54, 1.807) is 0 Å². The Labute approximate surface area is 96.1 Å². The highest BCUT2D eigenvalue weighted by Gasteiger charge is 2.08. The SMILES string of the molecule is CCCc1ccc(OCC)c(CC(=O)O)c1.